The van der Waals surface area contributed by atoms with E-state index in [1.807, 2.05) is 0 Å². The van der Waals surface area contributed by atoms with Crippen molar-refractivity contribution in [3.8, 4) is 0 Å². The van der Waals surface area contributed by atoms with E-state index in [9.17, 15) is 0 Å². The van der Waals surface area contributed by atoms with Crippen LogP contribution in [0.3, 0.4) is 0 Å². The molecule has 0 saturated carbocycles. The summed E-state index contributed by atoms with van der Waals surface area (Å²) < 4.78 is 0. The molecule has 0 atom stereocenters. The summed E-state index contributed by atoms with van der Waals surface area (Å²) >= 11 is 0. The van der Waals surface area contributed by atoms with E-state index in [0.717, 1.165) is 0 Å². The van der Waals surface area contributed by atoms with E-state index in [1.165, 1.54) is 0 Å². The maximum Gasteiger partial charge on any atom is 1.00 e. The van der Waals surface area contributed by atoms with Crippen molar-refractivity contribution in [3.63, 3.8) is 0 Å². The van der Waals surface area contributed by atoms with Crippen molar-refractivity contribution >= 4 is 18.1 Å². The fraction of sp³-hybridized carbons (Fsp3) is 0. The van der Waals surface area contributed by atoms with Gasteiger partial charge in [0.15, 0.2) is 0 Å². The van der Waals surface area contributed by atoms with E-state index in [-0.39, 0.29) is 29.6 Å². The number of rotatable bonds is 0. The summed E-state index contributed by atoms with van der Waals surface area (Å²) in [5.74, 6) is 0. The number of hydrogen-bond donors (Lipinski definition) is 7. The second-order valence-corrected chi connectivity index (χ2v) is 3.52. The van der Waals surface area contributed by atoms with Crippen molar-refractivity contribution < 1.29 is 67.9 Å². The van der Waals surface area contributed by atoms with Crippen LogP contribution in [0.25, 0.3) is 0 Å². The van der Waals surface area contributed by atoms with Crippen molar-refractivity contribution in [1.29, 1.82) is 0 Å². The van der Waals surface area contributed by atoms with Crippen molar-refractivity contribution in [1.82, 2.24) is 0 Å². The maximum absolute atomic E-state index is 8.91. The second-order valence-electron chi connectivity index (χ2n) is 1.17. The van der Waals surface area contributed by atoms with Gasteiger partial charge in [0.25, 0.3) is 0 Å². The first kappa shape index (κ1) is 18.0. The van der Waals surface area contributed by atoms with Crippen molar-refractivity contribution in [2.24, 2.45) is 0 Å². The van der Waals surface area contributed by atoms with E-state index >= 15 is 0 Å². The van der Waals surface area contributed by atoms with Gasteiger partial charge in [0.05, 0.1) is 0 Å². The Labute approximate surface area is 85.9 Å². The smallest absolute Gasteiger partial charge is 0.794 e. The minimum atomic E-state index is -4.86. The average Bonchev–Trinajstić information content (AvgIpc) is 1.12. The van der Waals surface area contributed by atoms with Crippen molar-refractivity contribution in [3.05, 3.63) is 0 Å². The Balaban J connectivity index is -0.000000107. The van der Waals surface area contributed by atoms with Gasteiger partial charge in [-0.3, -0.25) is 0 Å². The molecular weight excluding hydrogens is 207 g/mol. The zero-order valence-electron chi connectivity index (χ0n) is 5.54. The largest absolute Gasteiger partial charge is 1.00 e. The van der Waals surface area contributed by atoms with Crippen LogP contribution in [0, 0.1) is 0 Å². The van der Waals surface area contributed by atoms with Crippen LogP contribution in [0.1, 0.15) is 0 Å². The molecule has 8 nitrogen and oxygen atoms in total. The predicted molar refractivity (Wildman–Crippen MR) is 27.0 cm³/mol. The summed E-state index contributed by atoms with van der Waals surface area (Å²) in [4.78, 5) is 59.9. The van der Waals surface area contributed by atoms with Gasteiger partial charge in [-0.2, -0.15) is 0 Å². The molecule has 0 heterocycles. The van der Waals surface area contributed by atoms with Gasteiger partial charge in [-0.1, -0.05) is 0 Å². The minimum absolute atomic E-state index is 0. The molecule has 0 radical (unpaired) electrons. The molecule has 7 N–H and O–H groups in total. The molecule has 0 amide bonds. The Kier molecular flexibility index (Phi) is 10.8. The molecule has 64 valence electrons. The molecule has 0 spiro atoms. The third-order valence-electron chi connectivity index (χ3n) is 0. The van der Waals surface area contributed by atoms with Gasteiger partial charge in [-0.05, 0) is 0 Å². The monoisotopic (exact) mass is 214 g/mol. The summed E-state index contributed by atoms with van der Waals surface area (Å²) in [5.41, 5.74) is 0. The molecule has 11 heavy (non-hydrogen) atoms. The first-order valence-electron chi connectivity index (χ1n) is 1.77. The van der Waals surface area contributed by atoms with Crippen LogP contribution >= 0.6 is 0 Å². The molecule has 0 saturated heterocycles. The third kappa shape index (κ3) is 744. The summed E-state index contributed by atoms with van der Waals surface area (Å²) in [5, 5.41) is 0. The quantitative estimate of drug-likeness (QED) is 0.195. The Morgan fingerprint density at radius 1 is 0.727 bits per heavy atom. The predicted octanol–water partition coefficient (Wildman–Crippen LogP) is -8.85. The molecule has 0 rings (SSSR count). The van der Waals surface area contributed by atoms with Crippen molar-refractivity contribution in [2.45, 2.75) is 0 Å². The number of hydrogen-bond acceptors (Lipinski definition) is 8. The van der Waals surface area contributed by atoms with E-state index in [1.54, 1.807) is 0 Å². The fourth-order valence-electron chi connectivity index (χ4n) is 0. The van der Waals surface area contributed by atoms with E-state index in [4.69, 9.17) is 38.4 Å². The van der Waals surface area contributed by atoms with Gasteiger partial charge in [-0.15, -0.1) is 0 Å². The fourth-order valence-corrected chi connectivity index (χ4v) is 0. The van der Waals surface area contributed by atoms with Gasteiger partial charge >= 0.3 is 47.7 Å². The summed E-state index contributed by atoms with van der Waals surface area (Å²) in [6.45, 7) is 0. The van der Waals surface area contributed by atoms with E-state index in [0.29, 0.717) is 0 Å². The molecule has 0 aromatic rings. The summed E-state index contributed by atoms with van der Waals surface area (Å²) in [6.07, 6.45) is 0. The maximum atomic E-state index is 8.91. The van der Waals surface area contributed by atoms with Gasteiger partial charge in [0.2, 0.25) is 0 Å². The summed E-state index contributed by atoms with van der Waals surface area (Å²) in [6, 6.07) is 0. The zero-order chi connectivity index (χ0) is 9.00. The van der Waals surface area contributed by atoms with E-state index in [2.05, 4.69) is 0 Å². The van der Waals surface area contributed by atoms with Crippen LogP contribution < -0.4 is 34.4 Å². The third-order valence-corrected chi connectivity index (χ3v) is 0. The molecule has 0 aliphatic rings. The average molecular weight is 214 g/mol. The molecule has 0 aliphatic carbocycles. The van der Waals surface area contributed by atoms with Gasteiger partial charge in [0, 0.05) is 0 Å². The Bertz CT molecular complexity index is 55.1. The normalized spacial score (nSPS) is 10.9. The first-order valence-corrected chi connectivity index (χ1v) is 5.31. The molecule has 0 aromatic carbocycles. The van der Waals surface area contributed by atoms with Crippen LogP contribution in [0.15, 0.2) is 0 Å². The van der Waals surface area contributed by atoms with Crippen LogP contribution in [-0.2, 0) is 0 Å². The molecule has 0 unspecified atom stereocenters. The van der Waals surface area contributed by atoms with Gasteiger partial charge in [0.1, 0.15) is 0 Å². The molecule has 0 bridgehead atoms. The Hall–Kier alpha value is 1.11. The standard InChI is InChI=1S/Na.H4O4Si.H3O4Si/c;2*1-5(2,3)4/h;1-4H;1-3H/q+1;;-1. The van der Waals surface area contributed by atoms with Crippen LogP contribution in [0.5, 0.6) is 0 Å². The summed E-state index contributed by atoms with van der Waals surface area (Å²) in [7, 11) is -9.47. The SMILES string of the molecule is O[Si](O)(O)O.[Na+].[O-][Si](O)(O)O. The molecule has 11 heteroatoms. The molecule has 0 fully saturated rings. The molecule has 0 aromatic heterocycles. The van der Waals surface area contributed by atoms with Crippen LogP contribution in [-0.4, -0.2) is 51.7 Å². The topological polar surface area (TPSA) is 165 Å². The first-order chi connectivity index (χ1) is 4.00. The second kappa shape index (κ2) is 6.61. The van der Waals surface area contributed by atoms with Gasteiger partial charge < -0.3 is 38.4 Å². The van der Waals surface area contributed by atoms with Crippen LogP contribution in [0.4, 0.5) is 0 Å². The molecule has 0 aliphatic heterocycles. The Morgan fingerprint density at radius 2 is 0.727 bits per heavy atom. The molecular formula is H7NaO8Si2. The van der Waals surface area contributed by atoms with Crippen molar-refractivity contribution in [2.75, 3.05) is 0 Å². The zero-order valence-corrected chi connectivity index (χ0v) is 9.54. The van der Waals surface area contributed by atoms with E-state index < -0.39 is 18.1 Å². The van der Waals surface area contributed by atoms with Crippen LogP contribution in [0.2, 0.25) is 0 Å². The Morgan fingerprint density at radius 3 is 0.727 bits per heavy atom. The van der Waals surface area contributed by atoms with Gasteiger partial charge in [-0.25, -0.2) is 0 Å². The minimum Gasteiger partial charge on any atom is -0.794 e.